The van der Waals surface area contributed by atoms with Gasteiger partial charge in [-0.3, -0.25) is 9.89 Å². The Balaban J connectivity index is 1.79. The minimum absolute atomic E-state index is 0.0787. The van der Waals surface area contributed by atoms with Crippen LogP contribution in [0, 0.1) is 11.6 Å². The molecule has 1 aliphatic heterocycles. The molecule has 1 atom stereocenters. The van der Waals surface area contributed by atoms with Gasteiger partial charge < -0.3 is 4.90 Å². The zero-order chi connectivity index (χ0) is 14.1. The summed E-state index contributed by atoms with van der Waals surface area (Å²) in [7, 11) is 0. The summed E-state index contributed by atoms with van der Waals surface area (Å²) in [6, 6.07) is 3.84. The van der Waals surface area contributed by atoms with E-state index in [9.17, 15) is 13.6 Å². The second-order valence-corrected chi connectivity index (χ2v) is 4.86. The molecule has 6 heteroatoms. The number of aromatic amines is 1. The van der Waals surface area contributed by atoms with E-state index in [-0.39, 0.29) is 17.4 Å². The Morgan fingerprint density at radius 3 is 2.75 bits per heavy atom. The summed E-state index contributed by atoms with van der Waals surface area (Å²) in [5.41, 5.74) is 0.537. The minimum Gasteiger partial charge on any atom is -0.338 e. The van der Waals surface area contributed by atoms with Crippen molar-refractivity contribution >= 4 is 5.91 Å². The number of carbonyl (C=O) groups excluding carboxylic acids is 1. The van der Waals surface area contributed by atoms with Crippen LogP contribution in [0.4, 0.5) is 8.78 Å². The lowest BCUT2D eigenvalue weighted by atomic mass is 9.97. The van der Waals surface area contributed by atoms with E-state index >= 15 is 0 Å². The zero-order valence-corrected chi connectivity index (χ0v) is 10.6. The maximum absolute atomic E-state index is 13.7. The Bertz CT molecular complexity index is 607. The van der Waals surface area contributed by atoms with E-state index in [1.54, 1.807) is 4.90 Å². The first-order valence-corrected chi connectivity index (χ1v) is 6.39. The van der Waals surface area contributed by atoms with E-state index in [1.165, 1.54) is 30.6 Å². The van der Waals surface area contributed by atoms with Crippen molar-refractivity contribution in [2.24, 2.45) is 0 Å². The Labute approximate surface area is 114 Å². The van der Waals surface area contributed by atoms with Gasteiger partial charge in [-0.2, -0.15) is 5.10 Å². The minimum atomic E-state index is -0.549. The van der Waals surface area contributed by atoms with Crippen molar-refractivity contribution in [3.63, 3.8) is 0 Å². The zero-order valence-electron chi connectivity index (χ0n) is 10.6. The van der Waals surface area contributed by atoms with Gasteiger partial charge in [0.2, 0.25) is 0 Å². The second kappa shape index (κ2) is 5.03. The largest absolute Gasteiger partial charge is 0.338 e. The fourth-order valence-corrected chi connectivity index (χ4v) is 2.63. The maximum atomic E-state index is 13.7. The predicted octanol–water partition coefficient (Wildman–Crippen LogP) is 2.32. The van der Waals surface area contributed by atoms with Gasteiger partial charge in [-0.1, -0.05) is 6.07 Å². The van der Waals surface area contributed by atoms with Crippen molar-refractivity contribution in [1.82, 2.24) is 15.1 Å². The number of halogens is 2. The molecule has 2 heterocycles. The van der Waals surface area contributed by atoms with Gasteiger partial charge in [-0.25, -0.2) is 8.78 Å². The number of rotatable bonds is 2. The van der Waals surface area contributed by atoms with Crippen LogP contribution in [0.15, 0.2) is 30.6 Å². The number of carbonyl (C=O) groups is 1. The van der Waals surface area contributed by atoms with E-state index in [4.69, 9.17) is 0 Å². The molecule has 0 spiro atoms. The molecule has 1 unspecified atom stereocenters. The summed E-state index contributed by atoms with van der Waals surface area (Å²) in [4.78, 5) is 13.7. The Kier molecular flexibility index (Phi) is 3.22. The third kappa shape index (κ3) is 2.17. The predicted molar refractivity (Wildman–Crippen MR) is 68.2 cm³/mol. The molecule has 1 aromatic heterocycles. The average Bonchev–Trinajstić information content (AvgIpc) is 3.09. The van der Waals surface area contributed by atoms with Gasteiger partial charge in [0.25, 0.3) is 5.91 Å². The Morgan fingerprint density at radius 1 is 1.35 bits per heavy atom. The highest BCUT2D eigenvalue weighted by atomic mass is 19.1. The van der Waals surface area contributed by atoms with Crippen molar-refractivity contribution in [2.75, 3.05) is 13.1 Å². The molecule has 1 N–H and O–H groups in total. The summed E-state index contributed by atoms with van der Waals surface area (Å²) in [6.07, 6.45) is 3.51. The highest BCUT2D eigenvalue weighted by molar-refractivity contribution is 5.93. The first-order chi connectivity index (χ1) is 9.66. The SMILES string of the molecule is O=C(c1cn[nH]c1)N1CCC(c2c(F)cccc2F)C1. The number of aromatic nitrogens is 2. The van der Waals surface area contributed by atoms with Crippen LogP contribution in [0.1, 0.15) is 28.3 Å². The maximum Gasteiger partial charge on any atom is 0.257 e. The molecule has 1 amide bonds. The third-order valence-corrected chi connectivity index (χ3v) is 3.63. The molecule has 1 saturated heterocycles. The number of benzene rings is 1. The summed E-state index contributed by atoms with van der Waals surface area (Å²) in [5, 5.41) is 6.31. The molecule has 2 aromatic rings. The van der Waals surface area contributed by atoms with Crippen molar-refractivity contribution in [2.45, 2.75) is 12.3 Å². The van der Waals surface area contributed by atoms with Crippen LogP contribution in [-0.4, -0.2) is 34.1 Å². The first-order valence-electron chi connectivity index (χ1n) is 6.39. The lowest BCUT2D eigenvalue weighted by Crippen LogP contribution is -2.28. The fraction of sp³-hybridized carbons (Fsp3) is 0.286. The standard InChI is InChI=1S/C14H13F2N3O/c15-11-2-1-3-12(16)13(11)9-4-5-19(8-9)14(20)10-6-17-18-7-10/h1-3,6-7,9H,4-5,8H2,(H,17,18). The van der Waals surface area contributed by atoms with Crippen LogP contribution in [0.25, 0.3) is 0 Å². The van der Waals surface area contributed by atoms with Gasteiger partial charge in [0, 0.05) is 30.8 Å². The normalized spacial score (nSPS) is 18.5. The number of amides is 1. The van der Waals surface area contributed by atoms with Gasteiger partial charge in [0.15, 0.2) is 0 Å². The lowest BCUT2D eigenvalue weighted by Gasteiger charge is -2.16. The Hall–Kier alpha value is -2.24. The van der Waals surface area contributed by atoms with Crippen molar-refractivity contribution in [1.29, 1.82) is 0 Å². The summed E-state index contributed by atoms with van der Waals surface area (Å²) < 4.78 is 27.5. The monoisotopic (exact) mass is 277 g/mol. The quantitative estimate of drug-likeness (QED) is 0.915. The van der Waals surface area contributed by atoms with Crippen LogP contribution < -0.4 is 0 Å². The molecule has 104 valence electrons. The van der Waals surface area contributed by atoms with Gasteiger partial charge in [0.1, 0.15) is 11.6 Å². The van der Waals surface area contributed by atoms with Crippen LogP contribution in [0.2, 0.25) is 0 Å². The van der Waals surface area contributed by atoms with Gasteiger partial charge >= 0.3 is 0 Å². The number of nitrogens with zero attached hydrogens (tertiary/aromatic N) is 2. The topological polar surface area (TPSA) is 49.0 Å². The van der Waals surface area contributed by atoms with Gasteiger partial charge in [-0.15, -0.1) is 0 Å². The average molecular weight is 277 g/mol. The highest BCUT2D eigenvalue weighted by Gasteiger charge is 2.31. The van der Waals surface area contributed by atoms with E-state index in [2.05, 4.69) is 10.2 Å². The summed E-state index contributed by atoms with van der Waals surface area (Å²) >= 11 is 0. The number of H-pyrrole nitrogens is 1. The molecular formula is C14H13F2N3O. The third-order valence-electron chi connectivity index (χ3n) is 3.63. The first kappa shape index (κ1) is 12.8. The van der Waals surface area contributed by atoms with E-state index in [0.717, 1.165) is 0 Å². The van der Waals surface area contributed by atoms with E-state index < -0.39 is 11.6 Å². The van der Waals surface area contributed by atoms with Crippen molar-refractivity contribution in [3.05, 3.63) is 53.4 Å². The van der Waals surface area contributed by atoms with Crippen LogP contribution >= 0.6 is 0 Å². The van der Waals surface area contributed by atoms with Crippen molar-refractivity contribution < 1.29 is 13.6 Å². The molecule has 3 rings (SSSR count). The van der Waals surface area contributed by atoms with Crippen LogP contribution in [-0.2, 0) is 0 Å². The van der Waals surface area contributed by atoms with E-state index in [0.29, 0.717) is 25.1 Å². The molecule has 1 aromatic carbocycles. The second-order valence-electron chi connectivity index (χ2n) is 4.86. The number of nitrogens with one attached hydrogen (secondary N) is 1. The van der Waals surface area contributed by atoms with Crippen LogP contribution in [0.3, 0.4) is 0 Å². The van der Waals surface area contributed by atoms with Gasteiger partial charge in [0.05, 0.1) is 11.8 Å². The van der Waals surface area contributed by atoms with Crippen LogP contribution in [0.5, 0.6) is 0 Å². The number of hydrogen-bond donors (Lipinski definition) is 1. The molecule has 0 saturated carbocycles. The Morgan fingerprint density at radius 2 is 2.10 bits per heavy atom. The summed E-state index contributed by atoms with van der Waals surface area (Å²) in [5.74, 6) is -1.56. The van der Waals surface area contributed by atoms with E-state index in [1.807, 2.05) is 0 Å². The van der Waals surface area contributed by atoms with Gasteiger partial charge in [-0.05, 0) is 18.6 Å². The molecule has 1 fully saturated rings. The fourth-order valence-electron chi connectivity index (χ4n) is 2.63. The molecule has 1 aliphatic rings. The highest BCUT2D eigenvalue weighted by Crippen LogP contribution is 2.31. The lowest BCUT2D eigenvalue weighted by molar-refractivity contribution is 0.0790. The number of likely N-dealkylation sites (tertiary alicyclic amines) is 1. The molecule has 0 bridgehead atoms. The molecule has 0 aliphatic carbocycles. The molecular weight excluding hydrogens is 264 g/mol. The smallest absolute Gasteiger partial charge is 0.257 e. The molecule has 20 heavy (non-hydrogen) atoms. The number of hydrogen-bond acceptors (Lipinski definition) is 2. The molecule has 4 nitrogen and oxygen atoms in total. The molecule has 0 radical (unpaired) electrons. The summed E-state index contributed by atoms with van der Waals surface area (Å²) in [6.45, 7) is 0.810. The van der Waals surface area contributed by atoms with Crippen molar-refractivity contribution in [3.8, 4) is 0 Å².